The number of carbonyl (C=O) groups excluding carboxylic acids is 1. The van der Waals surface area contributed by atoms with Gasteiger partial charge >= 0.3 is 0 Å². The minimum absolute atomic E-state index is 0.0875. The number of nitrogens with one attached hydrogen (secondary N) is 2. The highest BCUT2D eigenvalue weighted by atomic mass is 32.2. The van der Waals surface area contributed by atoms with Gasteiger partial charge in [0.2, 0.25) is 5.91 Å². The van der Waals surface area contributed by atoms with E-state index in [-0.39, 0.29) is 22.4 Å². The van der Waals surface area contributed by atoms with E-state index in [9.17, 15) is 14.0 Å². The highest BCUT2D eigenvalue weighted by Crippen LogP contribution is 2.33. The van der Waals surface area contributed by atoms with Crippen LogP contribution in [0.1, 0.15) is 17.5 Å². The number of amides is 1. The van der Waals surface area contributed by atoms with Crippen LogP contribution in [-0.4, -0.2) is 45.2 Å². The zero-order chi connectivity index (χ0) is 26.8. The molecule has 2 atom stereocenters. The monoisotopic (exact) mass is 542 g/mol. The Kier molecular flexibility index (Phi) is 7.17. The van der Waals surface area contributed by atoms with Crippen LogP contribution in [0.4, 0.5) is 4.39 Å². The number of carbonyl (C=O) groups is 1. The molecular formula is C30H27FN4O3S. The van der Waals surface area contributed by atoms with E-state index in [1.165, 1.54) is 18.4 Å². The van der Waals surface area contributed by atoms with Crippen molar-refractivity contribution in [1.29, 1.82) is 0 Å². The molecule has 1 aliphatic rings. The van der Waals surface area contributed by atoms with Gasteiger partial charge in [-0.25, -0.2) is 9.37 Å². The van der Waals surface area contributed by atoms with Crippen molar-refractivity contribution < 1.29 is 13.6 Å². The van der Waals surface area contributed by atoms with E-state index >= 15 is 0 Å². The van der Waals surface area contributed by atoms with Gasteiger partial charge in [-0.15, -0.1) is 0 Å². The van der Waals surface area contributed by atoms with Crippen LogP contribution in [0.25, 0.3) is 22.0 Å². The predicted molar refractivity (Wildman–Crippen MR) is 150 cm³/mol. The molecule has 7 nitrogen and oxygen atoms in total. The van der Waals surface area contributed by atoms with Gasteiger partial charge in [0, 0.05) is 30.4 Å². The number of fused-ring (bicyclic) bond motifs is 2. The number of imidazole rings is 1. The number of para-hydroxylation sites is 3. The molecule has 0 radical (unpaired) electrons. The first-order chi connectivity index (χ1) is 19.0. The summed E-state index contributed by atoms with van der Waals surface area (Å²) in [5.74, 6) is -0.398. The van der Waals surface area contributed by atoms with Crippen LogP contribution in [0.2, 0.25) is 0 Å². The largest absolute Gasteiger partial charge is 0.464 e. The average Bonchev–Trinajstić information content (AvgIpc) is 3.54. The van der Waals surface area contributed by atoms with Crippen LogP contribution in [0, 0.1) is 5.82 Å². The molecule has 0 unspecified atom stereocenters. The molecule has 0 bridgehead atoms. The van der Waals surface area contributed by atoms with Gasteiger partial charge < -0.3 is 14.7 Å². The number of rotatable bonds is 8. The molecule has 1 saturated heterocycles. The van der Waals surface area contributed by atoms with Crippen LogP contribution < -0.4 is 10.7 Å². The van der Waals surface area contributed by atoms with Crippen LogP contribution in [-0.2, 0) is 17.8 Å². The average molecular weight is 543 g/mol. The Balaban J connectivity index is 1.20. The summed E-state index contributed by atoms with van der Waals surface area (Å²) in [6.45, 7) is 1.30. The first-order valence-corrected chi connectivity index (χ1v) is 13.8. The summed E-state index contributed by atoms with van der Waals surface area (Å²) in [6, 6.07) is 21.0. The lowest BCUT2D eigenvalue weighted by atomic mass is 10.1. The molecule has 0 aliphatic carbocycles. The number of aromatic amines is 1. The summed E-state index contributed by atoms with van der Waals surface area (Å²) in [5.41, 5.74) is 3.66. The lowest BCUT2D eigenvalue weighted by Crippen LogP contribution is -2.44. The first kappa shape index (κ1) is 25.3. The number of likely N-dealkylation sites (tertiary alicyclic amines) is 1. The third-order valence-electron chi connectivity index (χ3n) is 7.04. The maximum atomic E-state index is 13.5. The smallest absolute Gasteiger partial charge is 0.237 e. The van der Waals surface area contributed by atoms with Crippen molar-refractivity contribution in [1.82, 2.24) is 20.2 Å². The first-order valence-electron chi connectivity index (χ1n) is 12.9. The van der Waals surface area contributed by atoms with Crippen molar-refractivity contribution in [3.63, 3.8) is 0 Å². The van der Waals surface area contributed by atoms with Gasteiger partial charge in [-0.2, -0.15) is 0 Å². The van der Waals surface area contributed by atoms with Crippen molar-refractivity contribution in [2.24, 2.45) is 0 Å². The van der Waals surface area contributed by atoms with E-state index < -0.39 is 6.04 Å². The Morgan fingerprint density at radius 2 is 1.97 bits per heavy atom. The molecule has 198 valence electrons. The van der Waals surface area contributed by atoms with Crippen LogP contribution in [0.3, 0.4) is 0 Å². The molecular weight excluding hydrogens is 515 g/mol. The molecule has 1 aliphatic heterocycles. The van der Waals surface area contributed by atoms with E-state index in [1.54, 1.807) is 30.0 Å². The Labute approximate surface area is 228 Å². The Morgan fingerprint density at radius 3 is 2.85 bits per heavy atom. The molecule has 3 heterocycles. The number of H-pyrrole nitrogens is 1. The zero-order valence-electron chi connectivity index (χ0n) is 21.1. The topological polar surface area (TPSA) is 91.2 Å². The summed E-state index contributed by atoms with van der Waals surface area (Å²) >= 11 is 1.61. The second-order valence-electron chi connectivity index (χ2n) is 9.74. The number of halogens is 1. The maximum absolute atomic E-state index is 13.5. The van der Waals surface area contributed by atoms with E-state index in [0.29, 0.717) is 49.0 Å². The fourth-order valence-corrected chi connectivity index (χ4v) is 6.30. The Morgan fingerprint density at radius 1 is 1.13 bits per heavy atom. The minimum Gasteiger partial charge on any atom is -0.464 e. The van der Waals surface area contributed by atoms with Crippen molar-refractivity contribution >= 4 is 39.7 Å². The highest BCUT2D eigenvalue weighted by molar-refractivity contribution is 7.99. The van der Waals surface area contributed by atoms with Gasteiger partial charge in [0.1, 0.15) is 11.4 Å². The summed E-state index contributed by atoms with van der Waals surface area (Å²) in [4.78, 5) is 36.6. The molecule has 3 aromatic carbocycles. The van der Waals surface area contributed by atoms with Gasteiger partial charge in [-0.3, -0.25) is 14.5 Å². The summed E-state index contributed by atoms with van der Waals surface area (Å²) in [6.07, 6.45) is 2.64. The van der Waals surface area contributed by atoms with Crippen molar-refractivity contribution in [2.75, 3.05) is 13.1 Å². The van der Waals surface area contributed by atoms with Gasteiger partial charge in [-0.05, 0) is 54.8 Å². The van der Waals surface area contributed by atoms with Crippen LogP contribution in [0.15, 0.2) is 93.4 Å². The fourth-order valence-electron chi connectivity index (χ4n) is 5.12. The molecule has 6 rings (SSSR count). The zero-order valence-corrected chi connectivity index (χ0v) is 21.9. The third kappa shape index (κ3) is 5.60. The molecule has 1 amide bonds. The van der Waals surface area contributed by atoms with E-state index in [2.05, 4.69) is 15.3 Å². The highest BCUT2D eigenvalue weighted by Gasteiger charge is 2.38. The van der Waals surface area contributed by atoms with E-state index in [4.69, 9.17) is 4.42 Å². The van der Waals surface area contributed by atoms with Gasteiger partial charge in [0.05, 0.1) is 28.7 Å². The lowest BCUT2D eigenvalue weighted by Gasteiger charge is -2.23. The molecule has 9 heteroatoms. The third-order valence-corrected chi connectivity index (χ3v) is 8.13. The SMILES string of the molecule is O=C(NCCc1cccc(F)c1)[C@@H]1C[C@@H](Sc2nc3ccccc3[nH]2)CN1Cc1coc2ccccc2c1=O. The number of benzene rings is 3. The molecule has 2 N–H and O–H groups in total. The second-order valence-corrected chi connectivity index (χ2v) is 11.0. The maximum Gasteiger partial charge on any atom is 0.237 e. The van der Waals surface area contributed by atoms with E-state index in [1.807, 2.05) is 47.4 Å². The van der Waals surface area contributed by atoms with Crippen molar-refractivity contribution in [2.45, 2.75) is 35.8 Å². The number of hydrogen-bond acceptors (Lipinski definition) is 6. The van der Waals surface area contributed by atoms with Crippen LogP contribution >= 0.6 is 11.8 Å². The van der Waals surface area contributed by atoms with Gasteiger partial charge in [0.25, 0.3) is 0 Å². The summed E-state index contributed by atoms with van der Waals surface area (Å²) < 4.78 is 19.3. The molecule has 5 aromatic rings. The summed E-state index contributed by atoms with van der Waals surface area (Å²) in [5, 5.41) is 4.45. The molecule has 0 saturated carbocycles. The standard InChI is InChI=1S/C30H27FN4O3S/c31-21-7-5-6-19(14-21)12-13-32-29(37)26-15-22(39-30-33-24-9-2-3-10-25(24)34-30)17-35(26)16-20-18-38-27-11-4-1-8-23(27)28(20)36/h1-11,14,18,22,26H,12-13,15-17H2,(H,32,37)(H,33,34)/t22-,26+/m1/s1. The number of aromatic nitrogens is 2. The second kappa shape index (κ2) is 11.0. The Hall–Kier alpha value is -3.95. The van der Waals surface area contributed by atoms with Crippen LogP contribution in [0.5, 0.6) is 0 Å². The number of thioether (sulfide) groups is 1. The molecule has 0 spiro atoms. The van der Waals surface area contributed by atoms with Gasteiger partial charge in [0.15, 0.2) is 10.6 Å². The quantitative estimate of drug-likeness (QED) is 0.290. The number of nitrogens with zero attached hydrogens (tertiary/aromatic N) is 2. The van der Waals surface area contributed by atoms with E-state index in [0.717, 1.165) is 21.8 Å². The predicted octanol–water partition coefficient (Wildman–Crippen LogP) is 4.90. The Bertz CT molecular complexity index is 1670. The molecule has 2 aromatic heterocycles. The normalized spacial score (nSPS) is 17.7. The van der Waals surface area contributed by atoms with Crippen molar-refractivity contribution in [3.05, 3.63) is 106 Å². The fraction of sp³-hybridized carbons (Fsp3) is 0.233. The lowest BCUT2D eigenvalue weighted by molar-refractivity contribution is -0.125. The summed E-state index contributed by atoms with van der Waals surface area (Å²) in [7, 11) is 0. The minimum atomic E-state index is -0.426. The molecule has 1 fully saturated rings. The van der Waals surface area contributed by atoms with Crippen molar-refractivity contribution in [3.8, 4) is 0 Å². The molecule has 39 heavy (non-hydrogen) atoms. The number of hydrogen-bond donors (Lipinski definition) is 2. The van der Waals surface area contributed by atoms with Gasteiger partial charge in [-0.1, -0.05) is 48.2 Å².